The number of ether oxygens (including phenoxy) is 1. The second-order valence-corrected chi connectivity index (χ2v) is 6.55. The van der Waals surface area contributed by atoms with Crippen LogP contribution in [0.5, 0.6) is 0 Å². The number of aromatic nitrogens is 2. The molecule has 0 unspecified atom stereocenters. The number of nitrogens with zero attached hydrogens (tertiary/aromatic N) is 2. The molecule has 0 radical (unpaired) electrons. The Morgan fingerprint density at radius 3 is 2.54 bits per heavy atom. The number of hydrogen-bond acceptors (Lipinski definition) is 4. The molecule has 0 atom stereocenters. The van der Waals surface area contributed by atoms with Gasteiger partial charge in [0.15, 0.2) is 5.69 Å². The van der Waals surface area contributed by atoms with Gasteiger partial charge in [-0.25, -0.2) is 9.48 Å². The molecule has 2 aromatic carbocycles. The van der Waals surface area contributed by atoms with Gasteiger partial charge in [-0.1, -0.05) is 45.7 Å². The van der Waals surface area contributed by atoms with Crippen molar-refractivity contribution in [2.75, 3.05) is 12.4 Å². The topological polar surface area (TPSA) is 73.2 Å². The van der Waals surface area contributed by atoms with E-state index in [2.05, 4.69) is 26.3 Å². The molecular weight excluding hydrogens is 422 g/mol. The lowest BCUT2D eigenvalue weighted by Gasteiger charge is -2.09. The first kappa shape index (κ1) is 18.2. The Morgan fingerprint density at radius 1 is 1.15 bits per heavy atom. The number of amides is 1. The SMILES string of the molecule is COC(=O)c1cc(C(=O)Nc2ccc(Br)cc2Cl)n(-c2ccccc2)n1. The van der Waals surface area contributed by atoms with Crippen molar-refractivity contribution in [3.05, 3.63) is 75.5 Å². The summed E-state index contributed by atoms with van der Waals surface area (Å²) in [5, 5.41) is 7.30. The highest BCUT2D eigenvalue weighted by molar-refractivity contribution is 9.10. The van der Waals surface area contributed by atoms with Gasteiger partial charge in [-0.05, 0) is 30.3 Å². The van der Waals surface area contributed by atoms with E-state index in [1.54, 1.807) is 30.3 Å². The summed E-state index contributed by atoms with van der Waals surface area (Å²) in [7, 11) is 1.26. The van der Waals surface area contributed by atoms with Crippen molar-refractivity contribution in [1.29, 1.82) is 0 Å². The molecule has 26 heavy (non-hydrogen) atoms. The van der Waals surface area contributed by atoms with Crippen LogP contribution in [0.3, 0.4) is 0 Å². The third-order valence-corrected chi connectivity index (χ3v) is 4.32. The monoisotopic (exact) mass is 433 g/mol. The molecule has 6 nitrogen and oxygen atoms in total. The molecule has 0 aliphatic rings. The molecule has 1 aromatic heterocycles. The average Bonchev–Trinajstić information content (AvgIpc) is 3.09. The maximum Gasteiger partial charge on any atom is 0.358 e. The van der Waals surface area contributed by atoms with Crippen molar-refractivity contribution in [3.63, 3.8) is 0 Å². The Labute approximate surface area is 162 Å². The second kappa shape index (κ2) is 7.72. The molecule has 132 valence electrons. The quantitative estimate of drug-likeness (QED) is 0.620. The van der Waals surface area contributed by atoms with Crippen LogP contribution in [-0.4, -0.2) is 28.8 Å². The summed E-state index contributed by atoms with van der Waals surface area (Å²) in [6.45, 7) is 0. The highest BCUT2D eigenvalue weighted by atomic mass is 79.9. The van der Waals surface area contributed by atoms with Crippen molar-refractivity contribution in [2.45, 2.75) is 0 Å². The average molecular weight is 435 g/mol. The van der Waals surface area contributed by atoms with Crippen molar-refractivity contribution in [2.24, 2.45) is 0 Å². The van der Waals surface area contributed by atoms with Gasteiger partial charge in [0.25, 0.3) is 5.91 Å². The molecule has 0 aliphatic carbocycles. The molecule has 0 saturated carbocycles. The molecule has 0 bridgehead atoms. The lowest BCUT2D eigenvalue weighted by molar-refractivity contribution is 0.0593. The molecule has 0 fully saturated rings. The third kappa shape index (κ3) is 3.79. The van der Waals surface area contributed by atoms with E-state index in [4.69, 9.17) is 16.3 Å². The largest absolute Gasteiger partial charge is 0.464 e. The number of esters is 1. The molecular formula is C18H13BrClN3O3. The van der Waals surface area contributed by atoms with Crippen LogP contribution in [0.1, 0.15) is 21.0 Å². The molecule has 1 heterocycles. The summed E-state index contributed by atoms with van der Waals surface area (Å²) < 4.78 is 6.88. The fourth-order valence-corrected chi connectivity index (χ4v) is 3.01. The van der Waals surface area contributed by atoms with E-state index in [9.17, 15) is 9.59 Å². The van der Waals surface area contributed by atoms with Crippen LogP contribution in [0.15, 0.2) is 59.1 Å². The first-order valence-electron chi connectivity index (χ1n) is 7.50. The lowest BCUT2D eigenvalue weighted by atomic mass is 10.2. The Balaban J connectivity index is 2.00. The van der Waals surface area contributed by atoms with Gasteiger partial charge in [0.05, 0.1) is 23.5 Å². The lowest BCUT2D eigenvalue weighted by Crippen LogP contribution is -2.17. The Bertz CT molecular complexity index is 973. The van der Waals surface area contributed by atoms with Crippen LogP contribution < -0.4 is 5.32 Å². The Morgan fingerprint density at radius 2 is 1.88 bits per heavy atom. The number of rotatable bonds is 4. The van der Waals surface area contributed by atoms with E-state index in [1.165, 1.54) is 17.9 Å². The van der Waals surface area contributed by atoms with E-state index in [-0.39, 0.29) is 11.4 Å². The fourth-order valence-electron chi connectivity index (χ4n) is 2.29. The summed E-state index contributed by atoms with van der Waals surface area (Å²) >= 11 is 9.47. The van der Waals surface area contributed by atoms with Crippen LogP contribution in [-0.2, 0) is 4.74 Å². The number of anilines is 1. The fraction of sp³-hybridized carbons (Fsp3) is 0.0556. The molecule has 0 spiro atoms. The van der Waals surface area contributed by atoms with Crippen LogP contribution in [0.25, 0.3) is 5.69 Å². The number of carbonyl (C=O) groups is 2. The maximum absolute atomic E-state index is 12.8. The molecule has 1 amide bonds. The molecule has 1 N–H and O–H groups in total. The van der Waals surface area contributed by atoms with Crippen molar-refractivity contribution in [3.8, 4) is 5.69 Å². The highest BCUT2D eigenvalue weighted by Crippen LogP contribution is 2.26. The van der Waals surface area contributed by atoms with E-state index < -0.39 is 11.9 Å². The third-order valence-electron chi connectivity index (χ3n) is 3.52. The van der Waals surface area contributed by atoms with E-state index in [1.807, 2.05) is 18.2 Å². The molecule has 3 aromatic rings. The van der Waals surface area contributed by atoms with Crippen LogP contribution >= 0.6 is 27.5 Å². The zero-order chi connectivity index (χ0) is 18.7. The van der Waals surface area contributed by atoms with Gasteiger partial charge in [0.2, 0.25) is 0 Å². The van der Waals surface area contributed by atoms with E-state index in [0.29, 0.717) is 16.4 Å². The van der Waals surface area contributed by atoms with Gasteiger partial charge in [-0.3, -0.25) is 4.79 Å². The zero-order valence-corrected chi connectivity index (χ0v) is 15.9. The smallest absolute Gasteiger partial charge is 0.358 e. The Kier molecular flexibility index (Phi) is 5.39. The number of nitrogens with one attached hydrogen (secondary N) is 1. The molecule has 3 rings (SSSR count). The van der Waals surface area contributed by atoms with Crippen molar-refractivity contribution < 1.29 is 14.3 Å². The van der Waals surface area contributed by atoms with Gasteiger partial charge in [-0.15, -0.1) is 0 Å². The molecule has 0 aliphatic heterocycles. The van der Waals surface area contributed by atoms with E-state index in [0.717, 1.165) is 4.47 Å². The van der Waals surface area contributed by atoms with Gasteiger partial charge < -0.3 is 10.1 Å². The molecule has 0 saturated heterocycles. The maximum atomic E-state index is 12.8. The predicted octanol–water partition coefficient (Wildman–Crippen LogP) is 4.33. The highest BCUT2D eigenvalue weighted by Gasteiger charge is 2.21. The van der Waals surface area contributed by atoms with Crippen molar-refractivity contribution in [1.82, 2.24) is 9.78 Å². The number of para-hydroxylation sites is 1. The minimum atomic E-state index is -0.629. The van der Waals surface area contributed by atoms with Gasteiger partial charge in [0.1, 0.15) is 5.69 Å². The summed E-state index contributed by atoms with van der Waals surface area (Å²) in [5.74, 6) is -1.09. The minimum Gasteiger partial charge on any atom is -0.464 e. The van der Waals surface area contributed by atoms with Gasteiger partial charge in [-0.2, -0.15) is 5.10 Å². The van der Waals surface area contributed by atoms with Crippen LogP contribution in [0.2, 0.25) is 5.02 Å². The number of methoxy groups -OCH3 is 1. The first-order chi connectivity index (χ1) is 12.5. The summed E-state index contributed by atoms with van der Waals surface area (Å²) in [6, 6.07) is 15.5. The standard InChI is InChI=1S/C18H13BrClN3O3/c1-26-18(25)15-10-16(23(22-15)12-5-3-2-4-6-12)17(24)21-14-8-7-11(19)9-13(14)20/h2-10H,1H3,(H,21,24). The predicted molar refractivity (Wildman–Crippen MR) is 102 cm³/mol. The number of halogens is 2. The van der Waals surface area contributed by atoms with E-state index >= 15 is 0 Å². The van der Waals surface area contributed by atoms with Gasteiger partial charge in [0, 0.05) is 10.5 Å². The number of hydrogen-bond donors (Lipinski definition) is 1. The van der Waals surface area contributed by atoms with Crippen LogP contribution in [0.4, 0.5) is 5.69 Å². The van der Waals surface area contributed by atoms with Gasteiger partial charge >= 0.3 is 5.97 Å². The summed E-state index contributed by atoms with van der Waals surface area (Å²) in [6.07, 6.45) is 0. The second-order valence-electron chi connectivity index (χ2n) is 5.23. The summed E-state index contributed by atoms with van der Waals surface area (Å²) in [4.78, 5) is 24.6. The van der Waals surface area contributed by atoms with Crippen LogP contribution in [0, 0.1) is 0 Å². The minimum absolute atomic E-state index is 0.0309. The van der Waals surface area contributed by atoms with Crippen molar-refractivity contribution >= 4 is 45.1 Å². The summed E-state index contributed by atoms with van der Waals surface area (Å²) in [5.41, 5.74) is 1.29. The normalized spacial score (nSPS) is 10.4. The zero-order valence-electron chi connectivity index (χ0n) is 13.6. The first-order valence-corrected chi connectivity index (χ1v) is 8.67. The Hall–Kier alpha value is -2.64. The molecule has 8 heteroatoms. The number of carbonyl (C=O) groups excluding carboxylic acids is 2. The number of benzene rings is 2.